The second kappa shape index (κ2) is 6.70. The van der Waals surface area contributed by atoms with E-state index < -0.39 is 0 Å². The van der Waals surface area contributed by atoms with Crippen LogP contribution >= 0.6 is 0 Å². The van der Waals surface area contributed by atoms with Crippen LogP contribution in [0.2, 0.25) is 0 Å². The molecule has 0 atom stereocenters. The number of aromatic nitrogens is 3. The van der Waals surface area contributed by atoms with Crippen LogP contribution in [0.4, 0.5) is 4.39 Å². The molecule has 1 aliphatic heterocycles. The van der Waals surface area contributed by atoms with Gasteiger partial charge in [-0.2, -0.15) is 0 Å². The number of H-pyrrole nitrogens is 2. The van der Waals surface area contributed by atoms with Gasteiger partial charge in [0, 0.05) is 34.9 Å². The number of benzene rings is 2. The summed E-state index contributed by atoms with van der Waals surface area (Å²) < 4.78 is 13.2. The molecule has 1 amide bonds. The molecule has 2 N–H and O–H groups in total. The van der Waals surface area contributed by atoms with Crippen LogP contribution in [-0.4, -0.2) is 32.3 Å². The number of aromatic amines is 2. The molecule has 0 unspecified atom stereocenters. The highest BCUT2D eigenvalue weighted by Gasteiger charge is 2.25. The van der Waals surface area contributed by atoms with Gasteiger partial charge in [0.2, 0.25) is 0 Å². The Morgan fingerprint density at radius 3 is 2.76 bits per heavy atom. The first-order chi connectivity index (χ1) is 14.1. The Morgan fingerprint density at radius 2 is 1.93 bits per heavy atom. The number of carbonyl (C=O) groups excluding carboxylic acids is 1. The van der Waals surface area contributed by atoms with Crippen molar-refractivity contribution in [2.45, 2.75) is 13.0 Å². The molecule has 29 heavy (non-hydrogen) atoms. The Kier molecular flexibility index (Phi) is 4.01. The summed E-state index contributed by atoms with van der Waals surface area (Å²) in [6.45, 7) is 0.713. The zero-order valence-electron chi connectivity index (χ0n) is 15.4. The fourth-order valence-corrected chi connectivity index (χ4v) is 3.72. The molecular formula is C22H17FN4O2. The number of hydrogen-bond acceptors (Lipinski definition) is 3. The van der Waals surface area contributed by atoms with Crippen LogP contribution in [0.5, 0.6) is 0 Å². The minimum Gasteiger partial charge on any atom is -0.361 e. The van der Waals surface area contributed by atoms with Gasteiger partial charge in [-0.25, -0.2) is 9.37 Å². The van der Waals surface area contributed by atoms with Gasteiger partial charge in [0.25, 0.3) is 11.5 Å². The third-order valence-corrected chi connectivity index (χ3v) is 5.28. The van der Waals surface area contributed by atoms with Crippen molar-refractivity contribution in [3.63, 3.8) is 0 Å². The van der Waals surface area contributed by atoms with E-state index >= 15 is 0 Å². The van der Waals surface area contributed by atoms with Gasteiger partial charge in [0.15, 0.2) is 0 Å². The molecule has 6 nitrogen and oxygen atoms in total. The molecule has 0 saturated heterocycles. The average Bonchev–Trinajstić information content (AvgIpc) is 3.21. The standard InChI is InChI=1S/C22H17FN4O2/c23-16-5-3-14(4-6-16)20-25-19-12-27(10-8-17(19)21(28)26-20)22(29)15-2-1-13-7-9-24-18(13)11-15/h1-7,9,11,24H,8,10,12H2,(H,25,26,28). The van der Waals surface area contributed by atoms with E-state index in [9.17, 15) is 14.0 Å². The largest absolute Gasteiger partial charge is 0.361 e. The van der Waals surface area contributed by atoms with Crippen molar-refractivity contribution in [1.29, 1.82) is 0 Å². The number of fused-ring (bicyclic) bond motifs is 2. The molecular weight excluding hydrogens is 371 g/mol. The highest BCUT2D eigenvalue weighted by molar-refractivity contribution is 5.98. The third kappa shape index (κ3) is 3.10. The van der Waals surface area contributed by atoms with Gasteiger partial charge in [-0.1, -0.05) is 6.07 Å². The van der Waals surface area contributed by atoms with Crippen LogP contribution in [-0.2, 0) is 13.0 Å². The van der Waals surface area contributed by atoms with Crippen LogP contribution in [0, 0.1) is 5.82 Å². The summed E-state index contributed by atoms with van der Waals surface area (Å²) in [5, 5.41) is 1.04. The van der Waals surface area contributed by atoms with E-state index in [2.05, 4.69) is 15.0 Å². The molecule has 0 fully saturated rings. The maximum atomic E-state index is 13.2. The first-order valence-electron chi connectivity index (χ1n) is 9.33. The predicted molar refractivity (Wildman–Crippen MR) is 107 cm³/mol. The Hall–Kier alpha value is -3.74. The molecule has 144 valence electrons. The Balaban J connectivity index is 1.47. The highest BCUT2D eigenvalue weighted by atomic mass is 19.1. The number of amides is 1. The molecule has 0 spiro atoms. The van der Waals surface area contributed by atoms with Gasteiger partial charge in [-0.05, 0) is 54.3 Å². The van der Waals surface area contributed by atoms with Crippen molar-refractivity contribution in [3.05, 3.63) is 87.7 Å². The normalized spacial score (nSPS) is 13.5. The zero-order valence-corrected chi connectivity index (χ0v) is 15.4. The minimum absolute atomic E-state index is 0.0995. The van der Waals surface area contributed by atoms with E-state index in [0.29, 0.717) is 41.2 Å². The topological polar surface area (TPSA) is 81.8 Å². The maximum absolute atomic E-state index is 13.2. The van der Waals surface area contributed by atoms with Gasteiger partial charge in [0.1, 0.15) is 11.6 Å². The zero-order chi connectivity index (χ0) is 20.0. The van der Waals surface area contributed by atoms with Gasteiger partial charge in [0.05, 0.1) is 12.2 Å². The van der Waals surface area contributed by atoms with E-state index in [4.69, 9.17) is 0 Å². The van der Waals surface area contributed by atoms with E-state index in [0.717, 1.165) is 10.9 Å². The second-order valence-corrected chi connectivity index (χ2v) is 7.10. The number of hydrogen-bond donors (Lipinski definition) is 2. The van der Waals surface area contributed by atoms with Gasteiger partial charge < -0.3 is 14.9 Å². The Labute approximate surface area is 165 Å². The van der Waals surface area contributed by atoms with Crippen molar-refractivity contribution in [1.82, 2.24) is 19.9 Å². The van der Waals surface area contributed by atoms with E-state index in [1.54, 1.807) is 17.0 Å². The smallest absolute Gasteiger partial charge is 0.254 e. The van der Waals surface area contributed by atoms with Crippen molar-refractivity contribution in [2.75, 3.05) is 6.54 Å². The molecule has 0 bridgehead atoms. The van der Waals surface area contributed by atoms with Crippen LogP contribution in [0.1, 0.15) is 21.6 Å². The highest BCUT2D eigenvalue weighted by Crippen LogP contribution is 2.22. The van der Waals surface area contributed by atoms with E-state index in [1.807, 2.05) is 30.5 Å². The van der Waals surface area contributed by atoms with Crippen LogP contribution in [0.3, 0.4) is 0 Å². The quantitative estimate of drug-likeness (QED) is 0.553. The summed E-state index contributed by atoms with van der Waals surface area (Å²) in [5.41, 5.74) is 3.07. The first kappa shape index (κ1) is 17.4. The van der Waals surface area contributed by atoms with Crippen LogP contribution < -0.4 is 5.56 Å². The lowest BCUT2D eigenvalue weighted by molar-refractivity contribution is 0.0731. The lowest BCUT2D eigenvalue weighted by Crippen LogP contribution is -2.39. The van der Waals surface area contributed by atoms with Crippen LogP contribution in [0.25, 0.3) is 22.3 Å². The fourth-order valence-electron chi connectivity index (χ4n) is 3.72. The minimum atomic E-state index is -0.357. The van der Waals surface area contributed by atoms with E-state index in [1.165, 1.54) is 12.1 Å². The summed E-state index contributed by atoms with van der Waals surface area (Å²) >= 11 is 0. The lowest BCUT2D eigenvalue weighted by atomic mass is 10.0. The van der Waals surface area contributed by atoms with Crippen molar-refractivity contribution in [3.8, 4) is 11.4 Å². The Bertz CT molecular complexity index is 1290. The summed E-state index contributed by atoms with van der Waals surface area (Å²) in [4.78, 5) is 37.7. The maximum Gasteiger partial charge on any atom is 0.254 e. The first-order valence-corrected chi connectivity index (χ1v) is 9.33. The fraction of sp³-hybridized carbons (Fsp3) is 0.136. The number of nitrogens with one attached hydrogen (secondary N) is 2. The number of halogens is 1. The lowest BCUT2D eigenvalue weighted by Gasteiger charge is -2.28. The van der Waals surface area contributed by atoms with Gasteiger partial charge in [-0.15, -0.1) is 0 Å². The second-order valence-electron chi connectivity index (χ2n) is 7.10. The summed E-state index contributed by atoms with van der Waals surface area (Å²) in [6.07, 6.45) is 2.28. The summed E-state index contributed by atoms with van der Waals surface area (Å²) in [5.74, 6) is -0.0849. The monoisotopic (exact) mass is 388 g/mol. The predicted octanol–water partition coefficient (Wildman–Crippen LogP) is 3.26. The molecule has 7 heteroatoms. The summed E-state index contributed by atoms with van der Waals surface area (Å²) in [6, 6.07) is 13.3. The summed E-state index contributed by atoms with van der Waals surface area (Å²) in [7, 11) is 0. The van der Waals surface area contributed by atoms with Gasteiger partial charge >= 0.3 is 0 Å². The number of rotatable bonds is 2. The van der Waals surface area contributed by atoms with Crippen molar-refractivity contribution >= 4 is 16.8 Å². The molecule has 2 aromatic heterocycles. The molecule has 0 aliphatic carbocycles. The molecule has 0 saturated carbocycles. The SMILES string of the molecule is O=C(c1ccc2cc[nH]c2c1)N1CCc2c(nc(-c3ccc(F)cc3)[nH]c2=O)C1. The third-order valence-electron chi connectivity index (χ3n) is 5.28. The molecule has 0 radical (unpaired) electrons. The van der Waals surface area contributed by atoms with Crippen molar-refractivity contribution < 1.29 is 9.18 Å². The molecule has 5 rings (SSSR count). The molecule has 4 aromatic rings. The number of carbonyl (C=O) groups is 1. The van der Waals surface area contributed by atoms with E-state index in [-0.39, 0.29) is 23.8 Å². The molecule has 1 aliphatic rings. The Morgan fingerprint density at radius 1 is 1.10 bits per heavy atom. The average molecular weight is 388 g/mol. The van der Waals surface area contributed by atoms with Crippen LogP contribution in [0.15, 0.2) is 59.5 Å². The number of nitrogens with zero attached hydrogens (tertiary/aromatic N) is 2. The van der Waals surface area contributed by atoms with Crippen molar-refractivity contribution in [2.24, 2.45) is 0 Å². The molecule has 3 heterocycles. The molecule has 2 aromatic carbocycles. The van der Waals surface area contributed by atoms with Gasteiger partial charge in [-0.3, -0.25) is 9.59 Å².